The van der Waals surface area contributed by atoms with Gasteiger partial charge in [0, 0.05) is 11.8 Å². The molecule has 236 valence electrons. The van der Waals surface area contributed by atoms with Crippen LogP contribution in [0.1, 0.15) is 32.8 Å². The maximum Gasteiger partial charge on any atom is 0.335 e. The topological polar surface area (TPSA) is 142 Å². The largest absolute Gasteiger partial charge is 0.497 e. The third-order valence-electron chi connectivity index (χ3n) is 6.36. The van der Waals surface area contributed by atoms with Crippen LogP contribution < -0.4 is 39.2 Å². The number of hydrogen-bond acceptors (Lipinski definition) is 9. The lowest BCUT2D eigenvalue weighted by atomic mass is 10.1. The van der Waals surface area contributed by atoms with Crippen molar-refractivity contribution in [2.75, 3.05) is 43.8 Å². The summed E-state index contributed by atoms with van der Waals surface area (Å²) in [6.07, 6.45) is 2.14. The van der Waals surface area contributed by atoms with Crippen LogP contribution in [0.2, 0.25) is 0 Å². The lowest BCUT2D eigenvalue weighted by Crippen LogP contribution is -2.54. The first-order valence-electron chi connectivity index (χ1n) is 14.4. The highest BCUT2D eigenvalue weighted by molar-refractivity contribution is 6.39. The lowest BCUT2D eigenvalue weighted by molar-refractivity contribution is -0.122. The number of nitrogens with zero attached hydrogens (tertiary/aromatic N) is 1. The van der Waals surface area contributed by atoms with Crippen LogP contribution in [-0.2, 0) is 14.4 Å². The standard InChI is InChI=1S/C33H35N3O9/c1-5-16-44-26-15-11-23(19-29(26)43-7-3)36-32(39)25(31(38)35-33(36)40)17-21-8-14-27(28(18-21)42-6-2)45-20-30(37)34-22-9-12-24(41-4)13-10-22/h8-15,17-19H,5-7,16,20H2,1-4H3,(H,34,37)(H,35,38,40)/b25-17+. The number of carbonyl (C=O) groups is 4. The van der Waals surface area contributed by atoms with E-state index in [1.807, 2.05) is 6.92 Å². The number of rotatable bonds is 14. The Bertz CT molecular complexity index is 1580. The van der Waals surface area contributed by atoms with E-state index in [2.05, 4.69) is 10.6 Å². The molecular formula is C33H35N3O9. The van der Waals surface area contributed by atoms with Gasteiger partial charge in [-0.3, -0.25) is 19.7 Å². The highest BCUT2D eigenvalue weighted by Crippen LogP contribution is 2.34. The van der Waals surface area contributed by atoms with Crippen molar-refractivity contribution in [3.05, 3.63) is 71.8 Å². The van der Waals surface area contributed by atoms with Crippen LogP contribution in [0.15, 0.2) is 66.2 Å². The fourth-order valence-electron chi connectivity index (χ4n) is 4.31. The van der Waals surface area contributed by atoms with E-state index in [-0.39, 0.29) is 36.1 Å². The molecule has 2 N–H and O–H groups in total. The summed E-state index contributed by atoms with van der Waals surface area (Å²) in [5, 5.41) is 4.95. The molecule has 4 rings (SSSR count). The molecule has 3 aromatic carbocycles. The third-order valence-corrected chi connectivity index (χ3v) is 6.36. The summed E-state index contributed by atoms with van der Waals surface area (Å²) in [6, 6.07) is 15.4. The molecule has 1 fully saturated rings. The fraction of sp³-hybridized carbons (Fsp3) is 0.273. The van der Waals surface area contributed by atoms with E-state index in [0.29, 0.717) is 47.5 Å². The first-order valence-corrected chi connectivity index (χ1v) is 14.4. The van der Waals surface area contributed by atoms with E-state index in [1.54, 1.807) is 75.6 Å². The first-order chi connectivity index (χ1) is 21.8. The number of hydrogen-bond donors (Lipinski definition) is 2. The summed E-state index contributed by atoms with van der Waals surface area (Å²) in [7, 11) is 1.55. The molecule has 1 aliphatic heterocycles. The SMILES string of the molecule is CCCOc1ccc(N2C(=O)NC(=O)/C(=C\c3ccc(OCC(=O)Nc4ccc(OC)cc4)c(OCC)c3)C2=O)cc1OCC. The van der Waals surface area contributed by atoms with Crippen molar-refractivity contribution in [3.63, 3.8) is 0 Å². The Morgan fingerprint density at radius 1 is 0.822 bits per heavy atom. The Morgan fingerprint density at radius 3 is 2.16 bits per heavy atom. The fourth-order valence-corrected chi connectivity index (χ4v) is 4.31. The normalized spacial score (nSPS) is 13.7. The van der Waals surface area contributed by atoms with E-state index in [4.69, 9.17) is 23.7 Å². The first kappa shape index (κ1) is 32.4. The van der Waals surface area contributed by atoms with Gasteiger partial charge < -0.3 is 29.0 Å². The van der Waals surface area contributed by atoms with Crippen LogP contribution in [0.4, 0.5) is 16.2 Å². The van der Waals surface area contributed by atoms with Crippen LogP contribution in [0.25, 0.3) is 6.08 Å². The molecule has 0 bridgehead atoms. The minimum Gasteiger partial charge on any atom is -0.497 e. The van der Waals surface area contributed by atoms with E-state index in [0.717, 1.165) is 11.3 Å². The Hall–Kier alpha value is -5.52. The molecule has 0 spiro atoms. The molecule has 1 saturated heterocycles. The molecule has 1 heterocycles. The summed E-state index contributed by atoms with van der Waals surface area (Å²) < 4.78 is 27.9. The van der Waals surface area contributed by atoms with E-state index in [9.17, 15) is 19.2 Å². The number of methoxy groups -OCH3 is 1. The zero-order valence-electron chi connectivity index (χ0n) is 25.5. The molecule has 1 aliphatic rings. The molecule has 5 amide bonds. The number of anilines is 2. The molecule has 0 atom stereocenters. The van der Waals surface area contributed by atoms with Crippen LogP contribution in [-0.4, -0.2) is 57.3 Å². The molecule has 0 aliphatic carbocycles. The summed E-state index contributed by atoms with van der Waals surface area (Å²) >= 11 is 0. The Kier molecular flexibility index (Phi) is 11.0. The number of benzene rings is 3. The van der Waals surface area contributed by atoms with Crippen molar-refractivity contribution in [1.29, 1.82) is 0 Å². The van der Waals surface area contributed by atoms with Gasteiger partial charge in [0.25, 0.3) is 17.7 Å². The quantitative estimate of drug-likeness (QED) is 0.190. The molecule has 12 nitrogen and oxygen atoms in total. The number of nitrogens with one attached hydrogen (secondary N) is 2. The number of carbonyl (C=O) groups excluding carboxylic acids is 4. The highest BCUT2D eigenvalue weighted by atomic mass is 16.5. The Morgan fingerprint density at radius 2 is 1.49 bits per heavy atom. The van der Waals surface area contributed by atoms with Gasteiger partial charge in [0.2, 0.25) is 0 Å². The van der Waals surface area contributed by atoms with Crippen molar-refractivity contribution in [2.45, 2.75) is 27.2 Å². The van der Waals surface area contributed by atoms with E-state index >= 15 is 0 Å². The van der Waals surface area contributed by atoms with Gasteiger partial charge in [0.1, 0.15) is 11.3 Å². The summed E-state index contributed by atoms with van der Waals surface area (Å²) in [5.74, 6) is 0.0302. The molecular weight excluding hydrogens is 582 g/mol. The van der Waals surface area contributed by atoms with Crippen molar-refractivity contribution in [3.8, 4) is 28.7 Å². The van der Waals surface area contributed by atoms with Crippen LogP contribution >= 0.6 is 0 Å². The Labute approximate surface area is 260 Å². The van der Waals surface area contributed by atoms with Crippen molar-refractivity contribution in [1.82, 2.24) is 5.32 Å². The second-order valence-electron chi connectivity index (χ2n) is 9.57. The summed E-state index contributed by atoms with van der Waals surface area (Å²) in [6.45, 7) is 6.35. The maximum atomic E-state index is 13.5. The van der Waals surface area contributed by atoms with Crippen molar-refractivity contribution < 1.29 is 42.9 Å². The van der Waals surface area contributed by atoms with Gasteiger partial charge in [-0.2, -0.15) is 0 Å². The van der Waals surface area contributed by atoms with Gasteiger partial charge in [0.15, 0.2) is 29.6 Å². The zero-order valence-corrected chi connectivity index (χ0v) is 25.5. The predicted molar refractivity (Wildman–Crippen MR) is 167 cm³/mol. The van der Waals surface area contributed by atoms with Gasteiger partial charge in [-0.25, -0.2) is 9.69 Å². The number of amides is 5. The number of imide groups is 2. The van der Waals surface area contributed by atoms with E-state index < -0.39 is 17.8 Å². The number of barbiturate groups is 1. The van der Waals surface area contributed by atoms with Crippen molar-refractivity contribution in [2.24, 2.45) is 0 Å². The maximum absolute atomic E-state index is 13.5. The smallest absolute Gasteiger partial charge is 0.335 e. The van der Waals surface area contributed by atoms with Crippen LogP contribution in [0.5, 0.6) is 28.7 Å². The minimum atomic E-state index is -0.890. The molecule has 45 heavy (non-hydrogen) atoms. The van der Waals surface area contributed by atoms with Gasteiger partial charge >= 0.3 is 6.03 Å². The molecule has 12 heteroatoms. The Balaban J connectivity index is 1.53. The van der Waals surface area contributed by atoms with E-state index in [1.165, 1.54) is 12.1 Å². The second kappa shape index (κ2) is 15.3. The monoisotopic (exact) mass is 617 g/mol. The van der Waals surface area contributed by atoms with Crippen molar-refractivity contribution >= 4 is 41.2 Å². The van der Waals surface area contributed by atoms with Gasteiger partial charge in [-0.15, -0.1) is 0 Å². The molecule has 0 unspecified atom stereocenters. The zero-order chi connectivity index (χ0) is 32.3. The third kappa shape index (κ3) is 8.11. The number of ether oxygens (including phenoxy) is 5. The van der Waals surface area contributed by atoms with Gasteiger partial charge in [0.05, 0.1) is 32.6 Å². The molecule has 0 aromatic heterocycles. The minimum absolute atomic E-state index is 0.204. The lowest BCUT2D eigenvalue weighted by Gasteiger charge is -2.27. The summed E-state index contributed by atoms with van der Waals surface area (Å²) in [5.41, 5.74) is 0.942. The average Bonchev–Trinajstić information content (AvgIpc) is 3.03. The van der Waals surface area contributed by atoms with Gasteiger partial charge in [-0.1, -0.05) is 13.0 Å². The molecule has 0 saturated carbocycles. The molecule has 3 aromatic rings. The van der Waals surface area contributed by atoms with Gasteiger partial charge in [-0.05, 0) is 80.4 Å². The predicted octanol–water partition coefficient (Wildman–Crippen LogP) is 4.97. The van der Waals surface area contributed by atoms with Crippen LogP contribution in [0, 0.1) is 0 Å². The summed E-state index contributed by atoms with van der Waals surface area (Å²) in [4.78, 5) is 52.4. The highest BCUT2D eigenvalue weighted by Gasteiger charge is 2.37. The molecule has 0 radical (unpaired) electrons. The number of urea groups is 1. The average molecular weight is 618 g/mol. The second-order valence-corrected chi connectivity index (χ2v) is 9.57. The van der Waals surface area contributed by atoms with Crippen LogP contribution in [0.3, 0.4) is 0 Å².